The van der Waals surface area contributed by atoms with Gasteiger partial charge in [-0.2, -0.15) is 0 Å². The lowest BCUT2D eigenvalue weighted by molar-refractivity contribution is 0.146. The molecule has 0 unspecified atom stereocenters. The maximum absolute atomic E-state index is 5.95. The quantitative estimate of drug-likeness (QED) is 0.407. The Kier molecular flexibility index (Phi) is 7.57. The van der Waals surface area contributed by atoms with Crippen molar-refractivity contribution >= 4 is 11.6 Å². The van der Waals surface area contributed by atoms with E-state index in [1.54, 1.807) is 33.5 Å². The molecule has 7 nitrogen and oxygen atoms in total. The highest BCUT2D eigenvalue weighted by molar-refractivity contribution is 5.92. The molecule has 0 heterocycles. The normalized spacial score (nSPS) is 11.1. The van der Waals surface area contributed by atoms with E-state index in [1.807, 2.05) is 30.3 Å². The Labute approximate surface area is 153 Å². The summed E-state index contributed by atoms with van der Waals surface area (Å²) in [6.07, 6.45) is 0. The van der Waals surface area contributed by atoms with Gasteiger partial charge in [0.15, 0.2) is 17.5 Å². The highest BCUT2D eigenvalue weighted by Gasteiger charge is 2.05. The molecule has 0 aromatic heterocycles. The van der Waals surface area contributed by atoms with E-state index in [9.17, 15) is 0 Å². The second-order valence-electron chi connectivity index (χ2n) is 5.38. The maximum atomic E-state index is 5.95. The number of guanidine groups is 1. The van der Waals surface area contributed by atoms with Gasteiger partial charge >= 0.3 is 0 Å². The van der Waals surface area contributed by atoms with Gasteiger partial charge in [0.1, 0.15) is 12.4 Å². The minimum atomic E-state index is 0.317. The summed E-state index contributed by atoms with van der Waals surface area (Å²) < 4.78 is 21.0. The van der Waals surface area contributed by atoms with Gasteiger partial charge in [-0.3, -0.25) is 0 Å². The molecule has 2 aromatic rings. The van der Waals surface area contributed by atoms with Crippen molar-refractivity contribution in [3.63, 3.8) is 0 Å². The average Bonchev–Trinajstić information content (AvgIpc) is 2.67. The summed E-state index contributed by atoms with van der Waals surface area (Å²) in [6.45, 7) is 1.55. The van der Waals surface area contributed by atoms with Crippen LogP contribution in [-0.2, 0) is 11.3 Å². The molecule has 2 aromatic carbocycles. The lowest BCUT2D eigenvalue weighted by Gasteiger charge is -2.11. The van der Waals surface area contributed by atoms with Gasteiger partial charge in [0, 0.05) is 18.9 Å². The number of ether oxygens (including phenoxy) is 4. The number of benzene rings is 2. The fraction of sp³-hybridized carbons (Fsp3) is 0.316. The van der Waals surface area contributed by atoms with Gasteiger partial charge in [-0.25, -0.2) is 4.99 Å². The van der Waals surface area contributed by atoms with Crippen LogP contribution < -0.4 is 25.3 Å². The molecule has 2 rings (SSSR count). The van der Waals surface area contributed by atoms with Crippen molar-refractivity contribution in [2.24, 2.45) is 10.7 Å². The van der Waals surface area contributed by atoms with Gasteiger partial charge in [0.25, 0.3) is 0 Å². The topological polar surface area (TPSA) is 87.3 Å². The third kappa shape index (κ3) is 5.86. The highest BCUT2D eigenvalue weighted by atomic mass is 16.5. The smallest absolute Gasteiger partial charge is 0.193 e. The zero-order chi connectivity index (χ0) is 18.8. The van der Waals surface area contributed by atoms with Crippen LogP contribution in [0, 0.1) is 0 Å². The van der Waals surface area contributed by atoms with Crippen molar-refractivity contribution in [1.82, 2.24) is 0 Å². The second kappa shape index (κ2) is 10.1. The molecular weight excluding hydrogens is 334 g/mol. The van der Waals surface area contributed by atoms with Crippen LogP contribution in [0.25, 0.3) is 0 Å². The van der Waals surface area contributed by atoms with Crippen LogP contribution in [0.3, 0.4) is 0 Å². The molecule has 0 radical (unpaired) electrons. The second-order valence-corrected chi connectivity index (χ2v) is 5.38. The molecular formula is C19H25N3O4. The number of aliphatic imine (C=N–C) groups is 1. The average molecular weight is 359 g/mol. The van der Waals surface area contributed by atoms with Crippen LogP contribution >= 0.6 is 0 Å². The van der Waals surface area contributed by atoms with Crippen molar-refractivity contribution in [3.05, 3.63) is 48.0 Å². The Morgan fingerprint density at radius 3 is 2.35 bits per heavy atom. The van der Waals surface area contributed by atoms with E-state index in [0.717, 1.165) is 17.0 Å². The molecule has 0 aliphatic heterocycles. The number of anilines is 1. The molecule has 26 heavy (non-hydrogen) atoms. The lowest BCUT2D eigenvalue weighted by Crippen LogP contribution is -2.22. The molecule has 0 fully saturated rings. The first-order chi connectivity index (χ1) is 12.7. The van der Waals surface area contributed by atoms with Gasteiger partial charge in [0.05, 0.1) is 27.4 Å². The van der Waals surface area contributed by atoms with Crippen LogP contribution in [0.2, 0.25) is 0 Å². The van der Waals surface area contributed by atoms with E-state index in [0.29, 0.717) is 37.2 Å². The van der Waals surface area contributed by atoms with Gasteiger partial charge in [0.2, 0.25) is 0 Å². The molecule has 0 aliphatic rings. The van der Waals surface area contributed by atoms with Crippen LogP contribution in [-0.4, -0.2) is 40.5 Å². The largest absolute Gasteiger partial charge is 0.493 e. The minimum Gasteiger partial charge on any atom is -0.493 e. The van der Waals surface area contributed by atoms with E-state index in [1.165, 1.54) is 0 Å². The minimum absolute atomic E-state index is 0.317. The van der Waals surface area contributed by atoms with Gasteiger partial charge in [-0.15, -0.1) is 0 Å². The Hall–Kier alpha value is -2.93. The van der Waals surface area contributed by atoms with E-state index in [2.05, 4.69) is 10.3 Å². The Morgan fingerprint density at radius 2 is 1.69 bits per heavy atom. The fourth-order valence-electron chi connectivity index (χ4n) is 2.21. The Morgan fingerprint density at radius 1 is 0.962 bits per heavy atom. The van der Waals surface area contributed by atoms with Crippen molar-refractivity contribution in [3.8, 4) is 17.2 Å². The molecule has 0 atom stereocenters. The summed E-state index contributed by atoms with van der Waals surface area (Å²) in [6, 6.07) is 13.2. The monoisotopic (exact) mass is 359 g/mol. The third-order valence-corrected chi connectivity index (χ3v) is 3.57. The van der Waals surface area contributed by atoms with Crippen molar-refractivity contribution in [2.75, 3.05) is 39.9 Å². The molecule has 7 heteroatoms. The van der Waals surface area contributed by atoms with Gasteiger partial charge < -0.3 is 30.0 Å². The SMILES string of the molecule is COCCOc1ccc(CN=C(N)Nc2ccc(OC)c(OC)c2)cc1. The van der Waals surface area contributed by atoms with Crippen molar-refractivity contribution < 1.29 is 18.9 Å². The Bertz CT molecular complexity index is 717. The summed E-state index contributed by atoms with van der Waals surface area (Å²) >= 11 is 0. The van der Waals surface area contributed by atoms with Crippen LogP contribution in [0.15, 0.2) is 47.5 Å². The summed E-state index contributed by atoms with van der Waals surface area (Å²) in [5, 5.41) is 3.04. The van der Waals surface area contributed by atoms with Crippen LogP contribution in [0.1, 0.15) is 5.56 Å². The summed E-state index contributed by atoms with van der Waals surface area (Å²) in [5.41, 5.74) is 7.75. The molecule has 3 N–H and O–H groups in total. The first-order valence-electron chi connectivity index (χ1n) is 8.16. The van der Waals surface area contributed by atoms with E-state index < -0.39 is 0 Å². The number of hydrogen-bond acceptors (Lipinski definition) is 5. The van der Waals surface area contributed by atoms with Crippen molar-refractivity contribution in [2.45, 2.75) is 6.54 Å². The number of methoxy groups -OCH3 is 3. The zero-order valence-electron chi connectivity index (χ0n) is 15.3. The predicted molar refractivity (Wildman–Crippen MR) is 102 cm³/mol. The van der Waals surface area contributed by atoms with Crippen LogP contribution in [0.5, 0.6) is 17.2 Å². The summed E-state index contributed by atoms with van der Waals surface area (Å²) in [4.78, 5) is 4.34. The number of nitrogens with two attached hydrogens (primary N) is 1. The lowest BCUT2D eigenvalue weighted by atomic mass is 10.2. The van der Waals surface area contributed by atoms with Crippen LogP contribution in [0.4, 0.5) is 5.69 Å². The Balaban J connectivity index is 1.91. The maximum Gasteiger partial charge on any atom is 0.193 e. The van der Waals surface area contributed by atoms with E-state index in [4.69, 9.17) is 24.7 Å². The molecule has 0 bridgehead atoms. The number of nitrogens with one attached hydrogen (secondary N) is 1. The number of hydrogen-bond donors (Lipinski definition) is 2. The third-order valence-electron chi connectivity index (χ3n) is 3.57. The van der Waals surface area contributed by atoms with E-state index in [-0.39, 0.29) is 0 Å². The first-order valence-corrected chi connectivity index (χ1v) is 8.16. The molecule has 0 amide bonds. The zero-order valence-corrected chi connectivity index (χ0v) is 15.3. The summed E-state index contributed by atoms with van der Waals surface area (Å²) in [7, 11) is 4.82. The molecule has 0 aliphatic carbocycles. The first kappa shape index (κ1) is 19.4. The fourth-order valence-corrected chi connectivity index (χ4v) is 2.21. The number of rotatable bonds is 9. The van der Waals surface area contributed by atoms with Gasteiger partial charge in [-0.1, -0.05) is 12.1 Å². The highest BCUT2D eigenvalue weighted by Crippen LogP contribution is 2.29. The molecule has 140 valence electrons. The van der Waals surface area contributed by atoms with Crippen molar-refractivity contribution in [1.29, 1.82) is 0 Å². The molecule has 0 spiro atoms. The standard InChI is InChI=1S/C19H25N3O4/c1-23-10-11-26-16-7-4-14(5-8-16)13-21-19(20)22-15-6-9-17(24-2)18(12-15)25-3/h4-9,12H,10-11,13H2,1-3H3,(H3,20,21,22). The van der Waals surface area contributed by atoms with Gasteiger partial charge in [-0.05, 0) is 29.8 Å². The predicted octanol–water partition coefficient (Wildman–Crippen LogP) is 2.66. The molecule has 0 saturated carbocycles. The molecule has 0 saturated heterocycles. The van der Waals surface area contributed by atoms with E-state index >= 15 is 0 Å². The summed E-state index contributed by atoms with van der Waals surface area (Å²) in [5.74, 6) is 2.39. The number of nitrogens with zero attached hydrogens (tertiary/aromatic N) is 1.